The van der Waals surface area contributed by atoms with Crippen LogP contribution in [0.15, 0.2) is 12.0 Å². The van der Waals surface area contributed by atoms with Crippen LogP contribution in [0.25, 0.3) is 0 Å². The van der Waals surface area contributed by atoms with Crippen LogP contribution in [0.2, 0.25) is 0 Å². The van der Waals surface area contributed by atoms with E-state index in [2.05, 4.69) is 14.2 Å². The fourth-order valence-corrected chi connectivity index (χ4v) is 0.594. The molecule has 0 spiro atoms. The van der Waals surface area contributed by atoms with Crippen molar-refractivity contribution in [1.29, 1.82) is 0 Å². The van der Waals surface area contributed by atoms with Gasteiger partial charge in [-0.25, -0.2) is 0 Å². The minimum atomic E-state index is -5.16. The lowest BCUT2D eigenvalue weighted by molar-refractivity contribution is -0.337. The van der Waals surface area contributed by atoms with Crippen LogP contribution in [-0.4, -0.2) is 12.4 Å². The number of ether oxygens (including phenoxy) is 3. The van der Waals surface area contributed by atoms with Gasteiger partial charge in [0.25, 0.3) is 0 Å². The van der Waals surface area contributed by atoms with Crippen LogP contribution in [-0.2, 0) is 14.2 Å². The third kappa shape index (κ3) is 2.63. The standard InChI is InChI=1S/C5H3F5O3/c1-4(7)11-2(6)3(12-4)13-5(8,9)10/h1H3. The molecular formula is C5H3F5O3. The van der Waals surface area contributed by atoms with Crippen LogP contribution in [0.1, 0.15) is 6.92 Å². The molecule has 1 aliphatic rings. The first-order chi connectivity index (χ1) is 5.70. The van der Waals surface area contributed by atoms with Gasteiger partial charge in [-0.3, -0.25) is 0 Å². The molecule has 13 heavy (non-hydrogen) atoms. The van der Waals surface area contributed by atoms with E-state index in [1.807, 2.05) is 0 Å². The second-order valence-electron chi connectivity index (χ2n) is 2.15. The predicted octanol–water partition coefficient (Wildman–Crippen LogP) is 2.31. The molecule has 1 aliphatic heterocycles. The Kier molecular flexibility index (Phi) is 2.01. The van der Waals surface area contributed by atoms with Crippen molar-refractivity contribution in [2.24, 2.45) is 0 Å². The SMILES string of the molecule is CC1(F)OC(F)=C(OC(F)(F)F)O1. The molecule has 76 valence electrons. The summed E-state index contributed by atoms with van der Waals surface area (Å²) >= 11 is 0. The minimum Gasteiger partial charge on any atom is -0.395 e. The Labute approximate surface area is 68.7 Å². The van der Waals surface area contributed by atoms with E-state index in [0.29, 0.717) is 6.92 Å². The van der Waals surface area contributed by atoms with Gasteiger partial charge in [0.1, 0.15) is 0 Å². The molecule has 0 aromatic rings. The summed E-state index contributed by atoms with van der Waals surface area (Å²) in [6.07, 6.45) is -5.16. The predicted molar refractivity (Wildman–Crippen MR) is 27.0 cm³/mol. The van der Waals surface area contributed by atoms with Crippen molar-refractivity contribution in [3.05, 3.63) is 12.0 Å². The van der Waals surface area contributed by atoms with Gasteiger partial charge in [0.15, 0.2) is 0 Å². The van der Waals surface area contributed by atoms with Crippen molar-refractivity contribution in [1.82, 2.24) is 0 Å². The number of halogens is 5. The van der Waals surface area contributed by atoms with E-state index in [-0.39, 0.29) is 0 Å². The van der Waals surface area contributed by atoms with E-state index in [1.54, 1.807) is 0 Å². The highest BCUT2D eigenvalue weighted by molar-refractivity contribution is 4.92. The van der Waals surface area contributed by atoms with Gasteiger partial charge in [-0.15, -0.1) is 13.2 Å². The second kappa shape index (κ2) is 2.64. The quantitative estimate of drug-likeness (QED) is 0.616. The van der Waals surface area contributed by atoms with Crippen LogP contribution >= 0.6 is 0 Å². The Balaban J connectivity index is 2.67. The lowest BCUT2D eigenvalue weighted by Gasteiger charge is -2.12. The van der Waals surface area contributed by atoms with Crippen molar-refractivity contribution >= 4 is 0 Å². The van der Waals surface area contributed by atoms with Crippen molar-refractivity contribution in [2.75, 3.05) is 0 Å². The van der Waals surface area contributed by atoms with E-state index in [9.17, 15) is 22.0 Å². The van der Waals surface area contributed by atoms with Crippen molar-refractivity contribution in [3.8, 4) is 0 Å². The zero-order valence-electron chi connectivity index (χ0n) is 6.11. The Hall–Kier alpha value is -1.21. The highest BCUT2D eigenvalue weighted by atomic mass is 19.4. The molecule has 0 aliphatic carbocycles. The molecule has 0 aromatic heterocycles. The van der Waals surface area contributed by atoms with Gasteiger partial charge in [0.05, 0.1) is 0 Å². The third-order valence-corrected chi connectivity index (χ3v) is 0.916. The van der Waals surface area contributed by atoms with Gasteiger partial charge in [-0.2, -0.15) is 8.78 Å². The molecule has 3 nitrogen and oxygen atoms in total. The molecule has 0 fully saturated rings. The summed E-state index contributed by atoms with van der Waals surface area (Å²) in [5.74, 6) is -1.67. The molecule has 1 atom stereocenters. The molecule has 0 N–H and O–H groups in total. The molecule has 1 unspecified atom stereocenters. The first kappa shape index (κ1) is 9.87. The molecule has 0 amide bonds. The smallest absolute Gasteiger partial charge is 0.395 e. The summed E-state index contributed by atoms with van der Waals surface area (Å²) in [6.45, 7) is 0.583. The van der Waals surface area contributed by atoms with Crippen molar-refractivity contribution in [3.63, 3.8) is 0 Å². The fraction of sp³-hybridized carbons (Fsp3) is 0.600. The van der Waals surface area contributed by atoms with Gasteiger partial charge in [0.2, 0.25) is 0 Å². The van der Waals surface area contributed by atoms with Crippen molar-refractivity contribution < 1.29 is 36.2 Å². The highest BCUT2D eigenvalue weighted by Crippen LogP contribution is 2.36. The molecule has 0 saturated heterocycles. The Bertz CT molecular complexity index is 243. The monoisotopic (exact) mass is 206 g/mol. The van der Waals surface area contributed by atoms with E-state index in [4.69, 9.17) is 0 Å². The molecule has 0 bridgehead atoms. The largest absolute Gasteiger partial charge is 0.575 e. The van der Waals surface area contributed by atoms with Crippen LogP contribution in [0.4, 0.5) is 22.0 Å². The first-order valence-electron chi connectivity index (χ1n) is 2.92. The second-order valence-corrected chi connectivity index (χ2v) is 2.15. The molecule has 0 radical (unpaired) electrons. The summed E-state index contributed by atoms with van der Waals surface area (Å²) in [5.41, 5.74) is 0. The highest BCUT2D eigenvalue weighted by Gasteiger charge is 2.46. The average molecular weight is 206 g/mol. The van der Waals surface area contributed by atoms with Gasteiger partial charge in [0, 0.05) is 6.92 Å². The van der Waals surface area contributed by atoms with E-state index in [0.717, 1.165) is 0 Å². The maximum absolute atomic E-state index is 12.5. The van der Waals surface area contributed by atoms with Crippen LogP contribution < -0.4 is 0 Å². The Morgan fingerprint density at radius 1 is 1.31 bits per heavy atom. The van der Waals surface area contributed by atoms with Gasteiger partial charge >= 0.3 is 24.4 Å². The molecular weight excluding hydrogens is 203 g/mol. The maximum Gasteiger partial charge on any atom is 0.575 e. The maximum atomic E-state index is 12.5. The molecule has 1 heterocycles. The summed E-state index contributed by atoms with van der Waals surface area (Å²) in [7, 11) is 0. The summed E-state index contributed by atoms with van der Waals surface area (Å²) in [6, 6.07) is -4.85. The topological polar surface area (TPSA) is 27.7 Å². The summed E-state index contributed by atoms with van der Waals surface area (Å²) in [4.78, 5) is 0. The van der Waals surface area contributed by atoms with E-state index >= 15 is 0 Å². The molecule has 0 saturated carbocycles. The molecule has 0 aromatic carbocycles. The summed E-state index contributed by atoms with van der Waals surface area (Å²) < 4.78 is 69.4. The van der Waals surface area contributed by atoms with Gasteiger partial charge in [-0.05, 0) is 0 Å². The van der Waals surface area contributed by atoms with Crippen LogP contribution in [0, 0.1) is 0 Å². The zero-order valence-corrected chi connectivity index (χ0v) is 6.11. The molecule has 1 rings (SSSR count). The number of hydrogen-bond acceptors (Lipinski definition) is 3. The number of alkyl halides is 4. The zero-order chi connectivity index (χ0) is 10.3. The third-order valence-electron chi connectivity index (χ3n) is 0.916. The van der Waals surface area contributed by atoms with Crippen LogP contribution in [0.5, 0.6) is 0 Å². The van der Waals surface area contributed by atoms with E-state index in [1.165, 1.54) is 0 Å². The van der Waals surface area contributed by atoms with Gasteiger partial charge in [-0.1, -0.05) is 0 Å². The average Bonchev–Trinajstić information content (AvgIpc) is 2.00. The number of rotatable bonds is 1. The lowest BCUT2D eigenvalue weighted by atomic mass is 10.7. The summed E-state index contributed by atoms with van der Waals surface area (Å²) in [5, 5.41) is 0. The molecule has 8 heteroatoms. The normalized spacial score (nSPS) is 28.5. The van der Waals surface area contributed by atoms with Crippen LogP contribution in [0.3, 0.4) is 0 Å². The lowest BCUT2D eigenvalue weighted by Crippen LogP contribution is -2.21. The fourth-order valence-electron chi connectivity index (χ4n) is 0.594. The Morgan fingerprint density at radius 3 is 2.15 bits per heavy atom. The van der Waals surface area contributed by atoms with Gasteiger partial charge < -0.3 is 14.2 Å². The van der Waals surface area contributed by atoms with Crippen molar-refractivity contribution in [2.45, 2.75) is 19.3 Å². The minimum absolute atomic E-state index is 0.583. The first-order valence-corrected chi connectivity index (χ1v) is 2.92. The Morgan fingerprint density at radius 2 is 1.85 bits per heavy atom. The number of hydrogen-bond donors (Lipinski definition) is 0. The van der Waals surface area contributed by atoms with E-state index < -0.39 is 24.4 Å².